The molecule has 0 radical (unpaired) electrons. The number of fused-ring (bicyclic) bond motifs is 1. The van der Waals surface area contributed by atoms with Crippen LogP contribution < -0.4 is 4.90 Å². The molecule has 8 nitrogen and oxygen atoms in total. The second-order valence-electron chi connectivity index (χ2n) is 12.1. The summed E-state index contributed by atoms with van der Waals surface area (Å²) < 4.78 is 20.4. The van der Waals surface area contributed by atoms with Gasteiger partial charge in [0.05, 0.1) is 10.6 Å². The number of rotatable bonds is 7. The van der Waals surface area contributed by atoms with Crippen LogP contribution in [0.3, 0.4) is 0 Å². The van der Waals surface area contributed by atoms with E-state index in [-0.39, 0.29) is 28.5 Å². The number of nitrogens with zero attached hydrogens (tertiary/aromatic N) is 4. The largest absolute Gasteiger partial charge is 0.446 e. The van der Waals surface area contributed by atoms with Gasteiger partial charge in [0.1, 0.15) is 11.9 Å². The summed E-state index contributed by atoms with van der Waals surface area (Å²) >= 11 is 12.7. The molecule has 0 N–H and O–H groups in total. The molecule has 2 aromatic carbocycles. The molecule has 11 heteroatoms. The van der Waals surface area contributed by atoms with Crippen LogP contribution in [0.15, 0.2) is 30.3 Å². The molecule has 232 valence electrons. The molecular weight excluding hydrogens is 594 g/mol. The number of anilines is 1. The normalized spacial score (nSPS) is 20.8. The topological polar surface area (TPSA) is 73.4 Å². The third-order valence-corrected chi connectivity index (χ3v) is 9.94. The van der Waals surface area contributed by atoms with Gasteiger partial charge in [-0.3, -0.25) is 14.5 Å². The highest BCUT2D eigenvalue weighted by Gasteiger charge is 2.42. The Hall–Kier alpha value is -2.88. The maximum absolute atomic E-state index is 14.5. The average molecular weight is 634 g/mol. The molecule has 3 fully saturated rings. The summed E-state index contributed by atoms with van der Waals surface area (Å²) in [5.74, 6) is -0.263. The lowest BCUT2D eigenvalue weighted by Crippen LogP contribution is -2.43. The van der Waals surface area contributed by atoms with Gasteiger partial charge in [-0.05, 0) is 68.0 Å². The molecule has 0 spiro atoms. The van der Waals surface area contributed by atoms with Crippen molar-refractivity contribution in [2.24, 2.45) is 11.8 Å². The number of hydrogen-bond donors (Lipinski definition) is 0. The molecule has 3 saturated heterocycles. The molecule has 2 aromatic rings. The Morgan fingerprint density at radius 2 is 1.60 bits per heavy atom. The van der Waals surface area contributed by atoms with Gasteiger partial charge in [-0.2, -0.15) is 0 Å². The molecule has 2 atom stereocenters. The number of amides is 3. The van der Waals surface area contributed by atoms with E-state index in [1.54, 1.807) is 40.7 Å². The molecule has 43 heavy (non-hydrogen) atoms. The Balaban J connectivity index is 1.15. The van der Waals surface area contributed by atoms with Gasteiger partial charge in [0, 0.05) is 76.3 Å². The number of carbonyl (C=O) groups is 3. The van der Waals surface area contributed by atoms with Crippen molar-refractivity contribution in [2.45, 2.75) is 46.1 Å². The zero-order valence-electron chi connectivity index (χ0n) is 25.0. The average Bonchev–Trinajstić information content (AvgIpc) is 3.54. The summed E-state index contributed by atoms with van der Waals surface area (Å²) in [5.41, 5.74) is 2.27. The quantitative estimate of drug-likeness (QED) is 0.386. The number of halogens is 3. The number of aryl methyl sites for hydroxylation is 2. The van der Waals surface area contributed by atoms with E-state index in [1.807, 2.05) is 19.1 Å². The first-order valence-electron chi connectivity index (χ1n) is 15.0. The zero-order valence-corrected chi connectivity index (χ0v) is 26.5. The van der Waals surface area contributed by atoms with E-state index in [0.29, 0.717) is 73.7 Å². The number of hydrogen-bond acceptors (Lipinski definition) is 5. The van der Waals surface area contributed by atoms with E-state index < -0.39 is 11.9 Å². The Morgan fingerprint density at radius 3 is 2.23 bits per heavy atom. The monoisotopic (exact) mass is 632 g/mol. The van der Waals surface area contributed by atoms with Crippen molar-refractivity contribution in [1.29, 1.82) is 0 Å². The van der Waals surface area contributed by atoms with Gasteiger partial charge in [-0.25, -0.2) is 9.18 Å². The number of carbonyl (C=O) groups excluding carboxylic acids is 3. The number of piperidine rings is 1. The molecule has 0 saturated carbocycles. The summed E-state index contributed by atoms with van der Waals surface area (Å²) in [7, 11) is 0. The van der Waals surface area contributed by atoms with E-state index in [4.69, 9.17) is 27.9 Å². The van der Waals surface area contributed by atoms with Crippen molar-refractivity contribution < 1.29 is 23.5 Å². The zero-order chi connectivity index (χ0) is 30.8. The van der Waals surface area contributed by atoms with E-state index in [0.717, 1.165) is 31.6 Å². The SMILES string of the molecule is CC(=O)N1CCC(OC(=O)N(CCCN2CC3CN(C(=O)c4c(F)ccc(C)c4Cl)CC3C2)c2ccc(C)c(Cl)c2)CC1. The minimum atomic E-state index is -0.584. The second-order valence-corrected chi connectivity index (χ2v) is 12.9. The standard InChI is InChI=1S/C32H39Cl2FN4O4/c1-20-5-7-25(15-27(20)33)39(32(42)43-26-9-13-37(14-10-26)22(3)40)12-4-11-36-16-23-18-38(19-24(23)17-36)31(41)29-28(35)8-6-21(2)30(29)34/h5-8,15,23-24,26H,4,9-14,16-19H2,1-3H3. The molecule has 3 aliphatic heterocycles. The van der Waals surface area contributed by atoms with Crippen molar-refractivity contribution in [1.82, 2.24) is 14.7 Å². The third kappa shape index (κ3) is 7.10. The molecule has 0 aliphatic carbocycles. The van der Waals surface area contributed by atoms with Gasteiger partial charge in [0.15, 0.2) is 0 Å². The molecule has 0 aromatic heterocycles. The summed E-state index contributed by atoms with van der Waals surface area (Å²) in [4.78, 5) is 45.7. The van der Waals surface area contributed by atoms with Crippen LogP contribution in [0.2, 0.25) is 10.0 Å². The van der Waals surface area contributed by atoms with E-state index >= 15 is 0 Å². The molecule has 3 heterocycles. The fourth-order valence-corrected chi connectivity index (χ4v) is 6.88. The van der Waals surface area contributed by atoms with Gasteiger partial charge in [0.2, 0.25) is 5.91 Å². The Labute approximate surface area is 262 Å². The molecular formula is C32H39Cl2FN4O4. The Bertz CT molecular complexity index is 1370. The van der Waals surface area contributed by atoms with Crippen LogP contribution in [-0.2, 0) is 9.53 Å². The Morgan fingerprint density at radius 1 is 0.953 bits per heavy atom. The first-order valence-corrected chi connectivity index (χ1v) is 15.7. The lowest BCUT2D eigenvalue weighted by Gasteiger charge is -2.32. The highest BCUT2D eigenvalue weighted by atomic mass is 35.5. The van der Waals surface area contributed by atoms with Crippen LogP contribution in [0.5, 0.6) is 0 Å². The number of ether oxygens (including phenoxy) is 1. The lowest BCUT2D eigenvalue weighted by molar-refractivity contribution is -0.130. The summed E-state index contributed by atoms with van der Waals surface area (Å²) in [5, 5.41) is 0.770. The number of benzene rings is 2. The van der Waals surface area contributed by atoms with Crippen LogP contribution in [0.25, 0.3) is 0 Å². The highest BCUT2D eigenvalue weighted by molar-refractivity contribution is 6.34. The molecule has 0 bridgehead atoms. The van der Waals surface area contributed by atoms with Crippen molar-refractivity contribution in [3.63, 3.8) is 0 Å². The minimum Gasteiger partial charge on any atom is -0.446 e. The molecule has 3 amide bonds. The summed E-state index contributed by atoms with van der Waals surface area (Å²) in [6, 6.07) is 8.46. The van der Waals surface area contributed by atoms with Crippen LogP contribution in [0.4, 0.5) is 14.9 Å². The minimum absolute atomic E-state index is 0.0360. The summed E-state index contributed by atoms with van der Waals surface area (Å²) in [6.07, 6.45) is 1.32. The highest BCUT2D eigenvalue weighted by Crippen LogP contribution is 2.34. The van der Waals surface area contributed by atoms with Crippen LogP contribution >= 0.6 is 23.2 Å². The van der Waals surface area contributed by atoms with Gasteiger partial charge in [-0.15, -0.1) is 0 Å². The van der Waals surface area contributed by atoms with Crippen LogP contribution in [0.1, 0.15) is 47.7 Å². The smallest absolute Gasteiger partial charge is 0.414 e. The van der Waals surface area contributed by atoms with Crippen LogP contribution in [-0.4, -0.2) is 91.1 Å². The van der Waals surface area contributed by atoms with E-state index in [2.05, 4.69) is 4.90 Å². The maximum Gasteiger partial charge on any atom is 0.414 e. The predicted molar refractivity (Wildman–Crippen MR) is 165 cm³/mol. The van der Waals surface area contributed by atoms with E-state index in [9.17, 15) is 18.8 Å². The first-order chi connectivity index (χ1) is 20.5. The predicted octanol–water partition coefficient (Wildman–Crippen LogP) is 5.80. The number of likely N-dealkylation sites (tertiary alicyclic amines) is 3. The van der Waals surface area contributed by atoms with Crippen molar-refractivity contribution >= 4 is 46.8 Å². The molecule has 2 unspecified atom stereocenters. The summed E-state index contributed by atoms with van der Waals surface area (Å²) in [6.45, 7) is 10.5. The molecule has 5 rings (SSSR count). The fraction of sp³-hybridized carbons (Fsp3) is 0.531. The first kappa shape index (κ1) is 31.5. The van der Waals surface area contributed by atoms with Gasteiger partial charge >= 0.3 is 6.09 Å². The molecule has 3 aliphatic rings. The maximum atomic E-state index is 14.5. The lowest BCUT2D eigenvalue weighted by atomic mass is 10.0. The van der Waals surface area contributed by atoms with Crippen molar-refractivity contribution in [3.8, 4) is 0 Å². The van der Waals surface area contributed by atoms with Crippen LogP contribution in [0, 0.1) is 31.5 Å². The Kier molecular flexibility index (Phi) is 9.83. The fourth-order valence-electron chi connectivity index (χ4n) is 6.47. The van der Waals surface area contributed by atoms with E-state index in [1.165, 1.54) is 6.07 Å². The second kappa shape index (κ2) is 13.4. The van der Waals surface area contributed by atoms with Gasteiger partial charge < -0.3 is 19.4 Å². The van der Waals surface area contributed by atoms with Gasteiger partial charge in [-0.1, -0.05) is 35.3 Å². The third-order valence-electron chi connectivity index (χ3n) is 9.05. The van der Waals surface area contributed by atoms with Crippen molar-refractivity contribution in [2.75, 3.05) is 57.3 Å². The van der Waals surface area contributed by atoms with Crippen molar-refractivity contribution in [3.05, 3.63) is 62.9 Å². The van der Waals surface area contributed by atoms with Gasteiger partial charge in [0.25, 0.3) is 5.91 Å².